The number of nitrogens with zero attached hydrogens (tertiary/aromatic N) is 3. The second-order valence-electron chi connectivity index (χ2n) is 13.9. The third kappa shape index (κ3) is 4.84. The van der Waals surface area contributed by atoms with Gasteiger partial charge in [0, 0.05) is 30.9 Å². The number of aliphatic hydroxyl groups excluding tert-OH is 1. The lowest BCUT2D eigenvalue weighted by atomic mass is 9.74. The molecule has 4 heterocycles. The molecule has 4 aliphatic rings. The summed E-state index contributed by atoms with van der Waals surface area (Å²) < 4.78 is 12.5. The summed E-state index contributed by atoms with van der Waals surface area (Å²) in [6.07, 6.45) is 8.29. The molecule has 0 bridgehead atoms. The quantitative estimate of drug-likeness (QED) is 0.496. The molecule has 9 nitrogen and oxygen atoms in total. The lowest BCUT2D eigenvalue weighted by Crippen LogP contribution is -2.60. The highest BCUT2D eigenvalue weighted by molar-refractivity contribution is 6.04. The van der Waals surface area contributed by atoms with Crippen molar-refractivity contribution in [2.24, 2.45) is 17.3 Å². The van der Waals surface area contributed by atoms with Crippen LogP contribution in [-0.2, 0) is 19.1 Å². The summed E-state index contributed by atoms with van der Waals surface area (Å²) in [5.74, 6) is -1.88. The van der Waals surface area contributed by atoms with Gasteiger partial charge in [-0.3, -0.25) is 14.4 Å². The largest absolute Gasteiger partial charge is 0.494 e. The van der Waals surface area contributed by atoms with E-state index in [-0.39, 0.29) is 36.3 Å². The molecule has 2 fully saturated rings. The van der Waals surface area contributed by atoms with E-state index in [1.165, 1.54) is 4.90 Å². The Balaban J connectivity index is 1.57. The molecule has 1 spiro atoms. The first kappa shape index (κ1) is 30.3. The van der Waals surface area contributed by atoms with E-state index in [1.807, 2.05) is 81.2 Å². The van der Waals surface area contributed by atoms with E-state index >= 15 is 0 Å². The van der Waals surface area contributed by atoms with Gasteiger partial charge in [0.25, 0.3) is 0 Å². The Bertz CT molecular complexity index is 1300. The summed E-state index contributed by atoms with van der Waals surface area (Å²) in [5, 5.41) is 9.99. The van der Waals surface area contributed by atoms with Crippen molar-refractivity contribution in [3.8, 4) is 5.75 Å². The first-order chi connectivity index (χ1) is 19.7. The Morgan fingerprint density at radius 1 is 0.952 bits per heavy atom. The van der Waals surface area contributed by atoms with Crippen LogP contribution in [0.1, 0.15) is 54.9 Å². The number of hydrogen-bond donors (Lipinski definition) is 1. The van der Waals surface area contributed by atoms with Crippen LogP contribution in [0.5, 0.6) is 5.75 Å². The summed E-state index contributed by atoms with van der Waals surface area (Å²) in [5.41, 5.74) is -2.32. The summed E-state index contributed by atoms with van der Waals surface area (Å²) >= 11 is 0. The van der Waals surface area contributed by atoms with Crippen molar-refractivity contribution in [1.82, 2.24) is 9.80 Å². The predicted octanol–water partition coefficient (Wildman–Crippen LogP) is 3.56. The fourth-order valence-electron chi connectivity index (χ4n) is 7.93. The van der Waals surface area contributed by atoms with Gasteiger partial charge in [-0.2, -0.15) is 0 Å². The van der Waals surface area contributed by atoms with Crippen LogP contribution in [-0.4, -0.2) is 88.3 Å². The average Bonchev–Trinajstić information content (AvgIpc) is 3.14. The maximum Gasteiger partial charge on any atom is 0.249 e. The van der Waals surface area contributed by atoms with E-state index in [9.17, 15) is 19.5 Å². The Labute approximate surface area is 249 Å². The highest BCUT2D eigenvalue weighted by atomic mass is 16.5. The molecule has 0 aromatic heterocycles. The minimum absolute atomic E-state index is 0.0195. The predicted molar refractivity (Wildman–Crippen MR) is 160 cm³/mol. The highest BCUT2D eigenvalue weighted by Crippen LogP contribution is 2.58. The number of carbonyl (C=O) groups excluding carboxylic acids is 3. The zero-order valence-corrected chi connectivity index (χ0v) is 25.9. The van der Waals surface area contributed by atoms with Crippen LogP contribution in [0.4, 0.5) is 5.69 Å². The van der Waals surface area contributed by atoms with Crippen molar-refractivity contribution >= 4 is 23.4 Å². The van der Waals surface area contributed by atoms with Crippen molar-refractivity contribution in [2.45, 2.75) is 77.7 Å². The normalized spacial score (nSPS) is 31.2. The number of amides is 3. The lowest BCUT2D eigenvalue weighted by Gasteiger charge is -2.44. The van der Waals surface area contributed by atoms with Gasteiger partial charge in [0.05, 0.1) is 30.7 Å². The Morgan fingerprint density at radius 3 is 2.24 bits per heavy atom. The van der Waals surface area contributed by atoms with Gasteiger partial charge < -0.3 is 29.3 Å². The number of β-amino-alcohol motifs (C(OH)–C–C–N with tert-alkyl or cyclic N) is 1. The first-order valence-electron chi connectivity index (χ1n) is 15.0. The van der Waals surface area contributed by atoms with Crippen molar-refractivity contribution in [3.05, 3.63) is 48.6 Å². The number of benzene rings is 1. The molecule has 9 heteroatoms. The van der Waals surface area contributed by atoms with Gasteiger partial charge in [-0.15, -0.1) is 0 Å². The number of ether oxygens (including phenoxy) is 2. The second kappa shape index (κ2) is 10.5. The molecule has 0 aliphatic carbocycles. The standard InChI is InChI=1S/C33H45N3O6/c1-8-41-23-13-11-22(12-14-23)34-17-9-15-32(7)24(27(34)38)25-28(39)35(19-20-37)26-29(40)36(18-10-16-33(25,26)42-32)31(5,6)21-30(2,3)4/h9-16,24-26,37H,8,17-21H2,1-7H3/t24-,25+,26?,32+,33+/m1/s1. The maximum absolute atomic E-state index is 14.6. The SMILES string of the molecule is CCOc1ccc(N2CC=C[C@]3(C)O[C@]45C=CCN(C(C)(C)CC(C)(C)C)C(=O)C4N(CCO)C(=O)[C@@H]5[C@@H]3C2=O)cc1. The van der Waals surface area contributed by atoms with Gasteiger partial charge in [-0.1, -0.05) is 45.1 Å². The second-order valence-corrected chi connectivity index (χ2v) is 13.9. The van der Waals surface area contributed by atoms with Crippen LogP contribution in [0.2, 0.25) is 0 Å². The molecule has 1 N–H and O–H groups in total. The van der Waals surface area contributed by atoms with Crippen molar-refractivity contribution < 1.29 is 29.0 Å². The molecule has 1 unspecified atom stereocenters. The van der Waals surface area contributed by atoms with Crippen LogP contribution in [0, 0.1) is 17.3 Å². The van der Waals surface area contributed by atoms with Gasteiger partial charge in [-0.25, -0.2) is 0 Å². The number of carbonyl (C=O) groups is 3. The van der Waals surface area contributed by atoms with Crippen LogP contribution < -0.4 is 9.64 Å². The van der Waals surface area contributed by atoms with E-state index in [0.717, 1.165) is 6.42 Å². The van der Waals surface area contributed by atoms with E-state index < -0.39 is 34.6 Å². The molecule has 5 rings (SSSR count). The number of rotatable bonds is 7. The first-order valence-corrected chi connectivity index (χ1v) is 15.0. The molecule has 228 valence electrons. The van der Waals surface area contributed by atoms with Gasteiger partial charge in [0.1, 0.15) is 17.4 Å². The fourth-order valence-corrected chi connectivity index (χ4v) is 7.93. The smallest absolute Gasteiger partial charge is 0.249 e. The monoisotopic (exact) mass is 579 g/mol. The van der Waals surface area contributed by atoms with Crippen LogP contribution in [0.3, 0.4) is 0 Å². The fraction of sp³-hybridized carbons (Fsp3) is 0.606. The summed E-state index contributed by atoms with van der Waals surface area (Å²) in [6.45, 7) is 15.2. The molecule has 1 aromatic carbocycles. The molecular formula is C33H45N3O6. The number of fused-ring (bicyclic) bond motifs is 2. The molecule has 5 atom stereocenters. The molecule has 2 saturated heterocycles. The lowest BCUT2D eigenvalue weighted by molar-refractivity contribution is -0.155. The number of hydrogen-bond acceptors (Lipinski definition) is 6. The van der Waals surface area contributed by atoms with Crippen LogP contribution in [0.15, 0.2) is 48.6 Å². The van der Waals surface area contributed by atoms with Crippen LogP contribution >= 0.6 is 0 Å². The van der Waals surface area contributed by atoms with E-state index in [1.54, 1.807) is 4.90 Å². The minimum Gasteiger partial charge on any atom is -0.494 e. The highest BCUT2D eigenvalue weighted by Gasteiger charge is 2.75. The maximum atomic E-state index is 14.6. The number of anilines is 1. The third-order valence-corrected chi connectivity index (χ3v) is 9.05. The zero-order valence-electron chi connectivity index (χ0n) is 25.9. The molecule has 3 amide bonds. The minimum atomic E-state index is -1.35. The molecular weight excluding hydrogens is 534 g/mol. The number of likely N-dealkylation sites (tertiary alicyclic amines) is 1. The van der Waals surface area contributed by atoms with Crippen molar-refractivity contribution in [1.29, 1.82) is 0 Å². The molecule has 1 aromatic rings. The Morgan fingerprint density at radius 2 is 1.62 bits per heavy atom. The summed E-state index contributed by atoms with van der Waals surface area (Å²) in [4.78, 5) is 48.3. The number of aliphatic hydroxyl groups is 1. The Hall–Kier alpha value is -3.17. The van der Waals surface area contributed by atoms with Crippen molar-refractivity contribution in [2.75, 3.05) is 37.7 Å². The molecule has 42 heavy (non-hydrogen) atoms. The Kier molecular flexibility index (Phi) is 7.59. The van der Waals surface area contributed by atoms with Gasteiger partial charge >= 0.3 is 0 Å². The van der Waals surface area contributed by atoms with Crippen molar-refractivity contribution in [3.63, 3.8) is 0 Å². The molecule has 0 saturated carbocycles. The van der Waals surface area contributed by atoms with E-state index in [0.29, 0.717) is 31.1 Å². The van der Waals surface area contributed by atoms with E-state index in [4.69, 9.17) is 9.47 Å². The zero-order chi connectivity index (χ0) is 30.7. The van der Waals surface area contributed by atoms with E-state index in [2.05, 4.69) is 20.8 Å². The molecule has 0 radical (unpaired) electrons. The third-order valence-electron chi connectivity index (χ3n) is 9.05. The topological polar surface area (TPSA) is 99.6 Å². The average molecular weight is 580 g/mol. The van der Waals surface area contributed by atoms with Gasteiger partial charge in [-0.05, 0) is 63.8 Å². The molecule has 4 aliphatic heterocycles. The van der Waals surface area contributed by atoms with Crippen LogP contribution in [0.25, 0.3) is 0 Å². The van der Waals surface area contributed by atoms with Gasteiger partial charge in [0.15, 0.2) is 0 Å². The summed E-state index contributed by atoms with van der Waals surface area (Å²) in [6, 6.07) is 6.34. The summed E-state index contributed by atoms with van der Waals surface area (Å²) in [7, 11) is 0. The van der Waals surface area contributed by atoms with Gasteiger partial charge in [0.2, 0.25) is 17.7 Å².